The molecule has 0 radical (unpaired) electrons. The van der Waals surface area contributed by atoms with Gasteiger partial charge in [0.15, 0.2) is 0 Å². The molecular weight excluding hydrogens is 236 g/mol. The van der Waals surface area contributed by atoms with Crippen LogP contribution in [-0.4, -0.2) is 17.8 Å². The fourth-order valence-corrected chi connectivity index (χ4v) is 3.07. The fourth-order valence-electron chi connectivity index (χ4n) is 3.07. The number of hydrogen-bond acceptors (Lipinski definition) is 2. The van der Waals surface area contributed by atoms with Gasteiger partial charge in [0.1, 0.15) is 5.75 Å². The van der Waals surface area contributed by atoms with E-state index in [2.05, 4.69) is 32.0 Å². The van der Waals surface area contributed by atoms with Crippen LogP contribution in [0, 0.1) is 19.8 Å². The first kappa shape index (κ1) is 14.4. The molecule has 2 rings (SSSR count). The van der Waals surface area contributed by atoms with Gasteiger partial charge in [0.25, 0.3) is 0 Å². The Morgan fingerprint density at radius 2 is 1.74 bits per heavy atom. The van der Waals surface area contributed by atoms with E-state index in [-0.39, 0.29) is 6.10 Å². The zero-order valence-electron chi connectivity index (χ0n) is 12.2. The van der Waals surface area contributed by atoms with Gasteiger partial charge in [-0.05, 0) is 55.9 Å². The van der Waals surface area contributed by atoms with E-state index in [1.54, 1.807) is 0 Å². The molecule has 1 aliphatic rings. The summed E-state index contributed by atoms with van der Waals surface area (Å²) in [5.74, 6) is 1.42. The number of aliphatic hydroxyl groups excluding tert-OH is 1. The molecule has 1 aromatic carbocycles. The Balaban J connectivity index is 1.76. The van der Waals surface area contributed by atoms with Crippen molar-refractivity contribution in [1.82, 2.24) is 0 Å². The zero-order valence-corrected chi connectivity index (χ0v) is 12.2. The van der Waals surface area contributed by atoms with Crippen LogP contribution >= 0.6 is 0 Å². The average molecular weight is 262 g/mol. The van der Waals surface area contributed by atoms with Crippen LogP contribution in [0.15, 0.2) is 18.2 Å². The van der Waals surface area contributed by atoms with Crippen molar-refractivity contribution in [3.63, 3.8) is 0 Å². The lowest BCUT2D eigenvalue weighted by Gasteiger charge is -2.26. The summed E-state index contributed by atoms with van der Waals surface area (Å²) < 4.78 is 5.77. The number of rotatable bonds is 5. The second-order valence-corrected chi connectivity index (χ2v) is 5.93. The van der Waals surface area contributed by atoms with E-state index >= 15 is 0 Å². The second kappa shape index (κ2) is 6.95. The molecule has 0 aliphatic heterocycles. The lowest BCUT2D eigenvalue weighted by molar-refractivity contribution is 0.0640. The quantitative estimate of drug-likeness (QED) is 0.868. The highest BCUT2D eigenvalue weighted by atomic mass is 16.5. The van der Waals surface area contributed by atoms with E-state index in [1.807, 2.05) is 0 Å². The summed E-state index contributed by atoms with van der Waals surface area (Å²) in [7, 11) is 0. The van der Waals surface area contributed by atoms with E-state index in [1.165, 1.54) is 43.2 Å². The van der Waals surface area contributed by atoms with Gasteiger partial charge in [-0.1, -0.05) is 25.3 Å². The Labute approximate surface area is 116 Å². The van der Waals surface area contributed by atoms with Crippen LogP contribution in [0.2, 0.25) is 0 Å². The van der Waals surface area contributed by atoms with Crippen LogP contribution in [0.3, 0.4) is 0 Å². The number of hydrogen-bond donors (Lipinski definition) is 1. The summed E-state index contributed by atoms with van der Waals surface area (Å²) in [6.45, 7) is 4.77. The minimum Gasteiger partial charge on any atom is -0.493 e. The third-order valence-electron chi connectivity index (χ3n) is 4.07. The summed E-state index contributed by atoms with van der Waals surface area (Å²) in [6.07, 6.45) is 6.82. The van der Waals surface area contributed by atoms with Gasteiger partial charge in [0.05, 0.1) is 12.7 Å². The maximum absolute atomic E-state index is 10.2. The molecule has 2 heteroatoms. The minimum absolute atomic E-state index is 0.189. The van der Waals surface area contributed by atoms with Crippen LogP contribution < -0.4 is 4.74 Å². The summed E-state index contributed by atoms with van der Waals surface area (Å²) >= 11 is 0. The zero-order chi connectivity index (χ0) is 13.7. The first-order valence-electron chi connectivity index (χ1n) is 7.54. The lowest BCUT2D eigenvalue weighted by atomic mass is 9.84. The van der Waals surface area contributed by atoms with Crippen molar-refractivity contribution in [2.75, 3.05) is 6.61 Å². The molecular formula is C17H26O2. The average Bonchev–Trinajstić information content (AvgIpc) is 2.38. The minimum atomic E-state index is -0.189. The van der Waals surface area contributed by atoms with Crippen molar-refractivity contribution in [2.24, 2.45) is 5.92 Å². The molecule has 0 aromatic heterocycles. The topological polar surface area (TPSA) is 29.5 Å². The van der Waals surface area contributed by atoms with Crippen molar-refractivity contribution < 1.29 is 9.84 Å². The molecule has 1 unspecified atom stereocenters. The van der Waals surface area contributed by atoms with E-state index < -0.39 is 0 Å². The van der Waals surface area contributed by atoms with Gasteiger partial charge >= 0.3 is 0 Å². The molecule has 1 N–H and O–H groups in total. The summed E-state index contributed by atoms with van der Waals surface area (Å²) in [5.41, 5.74) is 2.45. The molecule has 1 aromatic rings. The number of aliphatic hydroxyl groups is 1. The Kier molecular flexibility index (Phi) is 5.26. The number of benzene rings is 1. The SMILES string of the molecule is Cc1cc(C)cc(OCCC(O)C2CCCCC2)c1. The first-order chi connectivity index (χ1) is 9.15. The predicted molar refractivity (Wildman–Crippen MR) is 78.6 cm³/mol. The summed E-state index contributed by atoms with van der Waals surface area (Å²) in [4.78, 5) is 0. The highest BCUT2D eigenvalue weighted by molar-refractivity contribution is 5.32. The Morgan fingerprint density at radius 3 is 2.37 bits per heavy atom. The maximum atomic E-state index is 10.2. The van der Waals surface area contributed by atoms with Gasteiger partial charge in [-0.15, -0.1) is 0 Å². The van der Waals surface area contributed by atoms with Gasteiger partial charge in [0, 0.05) is 6.42 Å². The smallest absolute Gasteiger partial charge is 0.119 e. The Bertz CT molecular complexity index is 374. The molecule has 0 spiro atoms. The van der Waals surface area contributed by atoms with Crippen LogP contribution in [-0.2, 0) is 0 Å². The molecule has 0 bridgehead atoms. The normalized spacial score (nSPS) is 18.3. The van der Waals surface area contributed by atoms with Crippen molar-refractivity contribution in [1.29, 1.82) is 0 Å². The fraction of sp³-hybridized carbons (Fsp3) is 0.647. The number of ether oxygens (including phenoxy) is 1. The van der Waals surface area contributed by atoms with Crippen molar-refractivity contribution in [3.05, 3.63) is 29.3 Å². The first-order valence-corrected chi connectivity index (χ1v) is 7.54. The molecule has 19 heavy (non-hydrogen) atoms. The molecule has 1 saturated carbocycles. The Morgan fingerprint density at radius 1 is 1.11 bits per heavy atom. The largest absolute Gasteiger partial charge is 0.493 e. The maximum Gasteiger partial charge on any atom is 0.119 e. The molecule has 1 atom stereocenters. The summed E-state index contributed by atoms with van der Waals surface area (Å²) in [5, 5.41) is 10.2. The van der Waals surface area contributed by atoms with Crippen molar-refractivity contribution in [2.45, 2.75) is 58.5 Å². The monoisotopic (exact) mass is 262 g/mol. The molecule has 0 amide bonds. The molecule has 0 heterocycles. The van der Waals surface area contributed by atoms with Gasteiger partial charge < -0.3 is 9.84 Å². The van der Waals surface area contributed by atoms with Crippen LogP contribution in [0.25, 0.3) is 0 Å². The Hall–Kier alpha value is -1.02. The molecule has 106 valence electrons. The molecule has 2 nitrogen and oxygen atoms in total. The van der Waals surface area contributed by atoms with Gasteiger partial charge in [-0.3, -0.25) is 0 Å². The van der Waals surface area contributed by atoms with E-state index in [9.17, 15) is 5.11 Å². The standard InChI is InChI=1S/C17H26O2/c1-13-10-14(2)12-16(11-13)19-9-8-17(18)15-6-4-3-5-7-15/h10-12,15,17-18H,3-9H2,1-2H3. The van der Waals surface area contributed by atoms with E-state index in [4.69, 9.17) is 4.74 Å². The van der Waals surface area contributed by atoms with Gasteiger partial charge in [0.2, 0.25) is 0 Å². The highest BCUT2D eigenvalue weighted by Gasteiger charge is 2.21. The van der Waals surface area contributed by atoms with Crippen LogP contribution in [0.5, 0.6) is 5.75 Å². The summed E-state index contributed by atoms with van der Waals surface area (Å²) in [6, 6.07) is 6.25. The second-order valence-electron chi connectivity index (χ2n) is 5.93. The van der Waals surface area contributed by atoms with Crippen molar-refractivity contribution >= 4 is 0 Å². The van der Waals surface area contributed by atoms with E-state index in [0.717, 1.165) is 12.2 Å². The van der Waals surface area contributed by atoms with Gasteiger partial charge in [-0.2, -0.15) is 0 Å². The van der Waals surface area contributed by atoms with Crippen LogP contribution in [0.4, 0.5) is 0 Å². The van der Waals surface area contributed by atoms with Gasteiger partial charge in [-0.25, -0.2) is 0 Å². The molecule has 0 saturated heterocycles. The molecule has 1 aliphatic carbocycles. The van der Waals surface area contributed by atoms with Crippen molar-refractivity contribution in [3.8, 4) is 5.75 Å². The third-order valence-corrected chi connectivity index (χ3v) is 4.07. The predicted octanol–water partition coefficient (Wildman–Crippen LogP) is 4.01. The van der Waals surface area contributed by atoms with E-state index in [0.29, 0.717) is 12.5 Å². The number of aryl methyl sites for hydroxylation is 2. The molecule has 1 fully saturated rings. The lowest BCUT2D eigenvalue weighted by Crippen LogP contribution is -2.24. The third kappa shape index (κ3) is 4.54. The van der Waals surface area contributed by atoms with Crippen LogP contribution in [0.1, 0.15) is 49.7 Å². The highest BCUT2D eigenvalue weighted by Crippen LogP contribution is 2.27.